The number of rotatable bonds is 10. The van der Waals surface area contributed by atoms with Crippen LogP contribution in [-0.2, 0) is 10.2 Å². The Balaban J connectivity index is 1.87. The number of hydrogen-bond acceptors (Lipinski definition) is 4. The molecule has 0 radical (unpaired) electrons. The third-order valence-corrected chi connectivity index (χ3v) is 7.65. The van der Waals surface area contributed by atoms with Crippen LogP contribution in [0.1, 0.15) is 103 Å². The Kier molecular flexibility index (Phi) is 8.15. The van der Waals surface area contributed by atoms with Crippen LogP contribution in [-0.4, -0.2) is 34.9 Å². The number of aromatic hydroxyl groups is 1. The highest BCUT2D eigenvalue weighted by Crippen LogP contribution is 2.55. The van der Waals surface area contributed by atoms with Gasteiger partial charge in [0.05, 0.1) is 0 Å². The van der Waals surface area contributed by atoms with Gasteiger partial charge in [0.25, 0.3) is 0 Å². The van der Waals surface area contributed by atoms with Crippen LogP contribution in [0.2, 0.25) is 0 Å². The lowest BCUT2D eigenvalue weighted by molar-refractivity contribution is -0.118. The molecule has 1 amide bonds. The highest BCUT2D eigenvalue weighted by molar-refractivity contribution is 5.93. The minimum Gasteiger partial charge on any atom is -0.508 e. The number of ether oxygens (including phenoxy) is 1. The van der Waals surface area contributed by atoms with Gasteiger partial charge in [-0.3, -0.25) is 4.79 Å². The molecule has 1 heterocycles. The van der Waals surface area contributed by atoms with Crippen molar-refractivity contribution >= 4 is 5.91 Å². The molecule has 0 saturated heterocycles. The Bertz CT molecular complexity index is 871. The molecule has 1 aromatic rings. The maximum atomic E-state index is 12.7. The Morgan fingerprint density at radius 3 is 2.67 bits per heavy atom. The molecule has 0 aromatic heterocycles. The van der Waals surface area contributed by atoms with Crippen molar-refractivity contribution in [2.24, 2.45) is 5.92 Å². The van der Waals surface area contributed by atoms with Gasteiger partial charge < -0.3 is 20.3 Å². The van der Waals surface area contributed by atoms with Crippen LogP contribution in [0.4, 0.5) is 0 Å². The van der Waals surface area contributed by atoms with Gasteiger partial charge in [-0.1, -0.05) is 52.5 Å². The van der Waals surface area contributed by atoms with Crippen molar-refractivity contribution in [3.8, 4) is 11.5 Å². The zero-order valence-corrected chi connectivity index (χ0v) is 21.2. The Labute approximate surface area is 199 Å². The fraction of sp³-hybridized carbons (Fsp3) is 0.679. The number of aliphatic hydroxyl groups is 1. The molecule has 2 atom stereocenters. The molecule has 5 nitrogen and oxygen atoms in total. The molecule has 184 valence electrons. The molecule has 0 saturated carbocycles. The summed E-state index contributed by atoms with van der Waals surface area (Å²) in [4.78, 5) is 12.7. The third kappa shape index (κ3) is 5.74. The van der Waals surface area contributed by atoms with Crippen LogP contribution in [0.15, 0.2) is 23.8 Å². The maximum absolute atomic E-state index is 12.7. The van der Waals surface area contributed by atoms with Crippen LogP contribution in [0.3, 0.4) is 0 Å². The van der Waals surface area contributed by atoms with Gasteiger partial charge in [0.1, 0.15) is 17.1 Å². The summed E-state index contributed by atoms with van der Waals surface area (Å²) in [5.74, 6) is 1.21. The molecule has 0 spiro atoms. The van der Waals surface area contributed by atoms with Crippen LogP contribution in [0.5, 0.6) is 11.5 Å². The Morgan fingerprint density at radius 1 is 1.21 bits per heavy atom. The fourth-order valence-corrected chi connectivity index (χ4v) is 5.50. The summed E-state index contributed by atoms with van der Waals surface area (Å²) in [6.45, 7) is 11.5. The van der Waals surface area contributed by atoms with E-state index in [1.165, 1.54) is 25.7 Å². The molecule has 1 aliphatic carbocycles. The van der Waals surface area contributed by atoms with Crippen molar-refractivity contribution in [3.05, 3.63) is 34.9 Å². The van der Waals surface area contributed by atoms with E-state index in [1.807, 2.05) is 12.1 Å². The second-order valence-electron chi connectivity index (χ2n) is 11.0. The van der Waals surface area contributed by atoms with Crippen molar-refractivity contribution in [2.45, 2.75) is 103 Å². The van der Waals surface area contributed by atoms with Gasteiger partial charge in [-0.2, -0.15) is 0 Å². The topological polar surface area (TPSA) is 78.8 Å². The van der Waals surface area contributed by atoms with E-state index in [-0.39, 0.29) is 41.1 Å². The molecular formula is C28H43NO4. The molecule has 0 unspecified atom stereocenters. The number of aliphatic hydroxyl groups excluding tert-OH is 1. The van der Waals surface area contributed by atoms with Crippen LogP contribution in [0, 0.1) is 5.92 Å². The minimum absolute atomic E-state index is 0.0362. The van der Waals surface area contributed by atoms with Gasteiger partial charge >= 0.3 is 0 Å². The van der Waals surface area contributed by atoms with Gasteiger partial charge in [-0.05, 0) is 62.6 Å². The van der Waals surface area contributed by atoms with Crippen LogP contribution in [0.25, 0.3) is 0 Å². The number of nitrogens with one attached hydrogen (secondary N) is 1. The third-order valence-electron chi connectivity index (χ3n) is 7.65. The molecule has 5 heteroatoms. The number of hydrogen-bond donors (Lipinski definition) is 3. The smallest absolute Gasteiger partial charge is 0.246 e. The standard InChI is InChI=1S/C28H43NO4/c1-6-7-8-9-13-27(2,3)20-17-23(31)25-21-16-19(26(32)29-14-10-15-30)11-12-22(21)28(4,5)33-24(25)18-20/h11,17-18,21-22,30-31H,6-10,12-16H2,1-5H3,(H,29,32)/t21-,22-/m1/s1. The van der Waals surface area contributed by atoms with E-state index >= 15 is 0 Å². The molecule has 0 bridgehead atoms. The molecule has 2 aliphatic rings. The summed E-state index contributed by atoms with van der Waals surface area (Å²) in [7, 11) is 0. The number of phenols is 1. The van der Waals surface area contributed by atoms with E-state index in [0.717, 1.165) is 35.3 Å². The lowest BCUT2D eigenvalue weighted by Crippen LogP contribution is -2.46. The van der Waals surface area contributed by atoms with E-state index in [2.05, 4.69) is 46.0 Å². The second kappa shape index (κ2) is 10.5. The fourth-order valence-electron chi connectivity index (χ4n) is 5.50. The first-order valence-electron chi connectivity index (χ1n) is 12.7. The first-order valence-corrected chi connectivity index (χ1v) is 12.7. The van der Waals surface area contributed by atoms with Crippen molar-refractivity contribution < 1.29 is 19.7 Å². The monoisotopic (exact) mass is 457 g/mol. The first kappa shape index (κ1) is 25.6. The Hall–Kier alpha value is -2.01. The van der Waals surface area contributed by atoms with Crippen molar-refractivity contribution in [3.63, 3.8) is 0 Å². The molecule has 1 aromatic carbocycles. The van der Waals surface area contributed by atoms with Gasteiger partial charge in [0, 0.05) is 36.1 Å². The maximum Gasteiger partial charge on any atom is 0.246 e. The SMILES string of the molecule is CCCCCCC(C)(C)c1cc(O)c2c(c1)OC(C)(C)[C@@H]1CC=C(C(=O)NCCCO)C[C@@H]21. The summed E-state index contributed by atoms with van der Waals surface area (Å²) in [5.41, 5.74) is 2.28. The van der Waals surface area contributed by atoms with Gasteiger partial charge in [0.2, 0.25) is 5.91 Å². The summed E-state index contributed by atoms with van der Waals surface area (Å²) >= 11 is 0. The number of unbranched alkanes of at least 4 members (excludes halogenated alkanes) is 3. The molecule has 0 fully saturated rings. The molecule has 3 N–H and O–H groups in total. The van der Waals surface area contributed by atoms with E-state index in [9.17, 15) is 9.90 Å². The zero-order valence-electron chi connectivity index (χ0n) is 21.2. The molecule has 33 heavy (non-hydrogen) atoms. The summed E-state index contributed by atoms with van der Waals surface area (Å²) < 4.78 is 6.51. The van der Waals surface area contributed by atoms with Crippen LogP contribution >= 0.6 is 0 Å². The van der Waals surface area contributed by atoms with Crippen molar-refractivity contribution in [2.75, 3.05) is 13.2 Å². The predicted octanol–water partition coefficient (Wildman–Crippen LogP) is 5.73. The predicted molar refractivity (Wildman–Crippen MR) is 133 cm³/mol. The highest BCUT2D eigenvalue weighted by atomic mass is 16.5. The number of allylic oxidation sites excluding steroid dienone is 1. The van der Waals surface area contributed by atoms with E-state index in [4.69, 9.17) is 9.84 Å². The molecular weight excluding hydrogens is 414 g/mol. The number of carbonyl (C=O) groups is 1. The summed E-state index contributed by atoms with van der Waals surface area (Å²) in [5, 5.41) is 23.1. The first-order chi connectivity index (χ1) is 15.6. The molecule has 3 rings (SSSR count). The van der Waals surface area contributed by atoms with E-state index < -0.39 is 0 Å². The highest BCUT2D eigenvalue weighted by Gasteiger charge is 2.47. The Morgan fingerprint density at radius 2 is 1.97 bits per heavy atom. The number of benzene rings is 1. The largest absolute Gasteiger partial charge is 0.508 e. The lowest BCUT2D eigenvalue weighted by atomic mass is 9.66. The summed E-state index contributed by atoms with van der Waals surface area (Å²) in [6, 6.07) is 4.06. The zero-order chi connectivity index (χ0) is 24.2. The number of fused-ring (bicyclic) bond motifs is 3. The van der Waals surface area contributed by atoms with Crippen LogP contribution < -0.4 is 10.1 Å². The van der Waals surface area contributed by atoms with E-state index in [1.54, 1.807) is 0 Å². The van der Waals surface area contributed by atoms with Crippen molar-refractivity contribution in [1.82, 2.24) is 5.32 Å². The summed E-state index contributed by atoms with van der Waals surface area (Å²) in [6.07, 6.45) is 9.86. The van der Waals surface area contributed by atoms with Gasteiger partial charge in [-0.15, -0.1) is 0 Å². The number of carbonyl (C=O) groups excluding carboxylic acids is 1. The average molecular weight is 458 g/mol. The second-order valence-corrected chi connectivity index (χ2v) is 11.0. The van der Waals surface area contributed by atoms with Gasteiger partial charge in [0.15, 0.2) is 0 Å². The van der Waals surface area contributed by atoms with Gasteiger partial charge in [-0.25, -0.2) is 0 Å². The average Bonchev–Trinajstić information content (AvgIpc) is 2.75. The van der Waals surface area contributed by atoms with Crippen molar-refractivity contribution in [1.29, 1.82) is 0 Å². The number of amides is 1. The van der Waals surface area contributed by atoms with E-state index in [0.29, 0.717) is 19.4 Å². The quantitative estimate of drug-likeness (QED) is 0.392. The lowest BCUT2D eigenvalue weighted by Gasteiger charge is -2.47. The molecule has 1 aliphatic heterocycles. The number of phenolic OH excluding ortho intramolecular Hbond substituents is 1. The minimum atomic E-state index is -0.386. The normalized spacial score (nSPS) is 21.5.